The van der Waals surface area contributed by atoms with E-state index in [-0.39, 0.29) is 5.91 Å². The Hall–Kier alpha value is -2.07. The lowest BCUT2D eigenvalue weighted by atomic mass is 10.1. The fourth-order valence-corrected chi connectivity index (χ4v) is 2.04. The molecular formula is C15H19N3O. The molecule has 0 fully saturated rings. The van der Waals surface area contributed by atoms with Crippen molar-refractivity contribution in [2.24, 2.45) is 12.8 Å². The van der Waals surface area contributed by atoms with E-state index in [0.29, 0.717) is 18.8 Å². The Morgan fingerprint density at radius 1 is 1.21 bits per heavy atom. The van der Waals surface area contributed by atoms with Gasteiger partial charge in [0, 0.05) is 25.8 Å². The SMILES string of the molecule is Cc1ccc(C(=O)NCc2ccccc2CN)n1C. The van der Waals surface area contributed by atoms with Gasteiger partial charge in [-0.25, -0.2) is 0 Å². The summed E-state index contributed by atoms with van der Waals surface area (Å²) in [6, 6.07) is 11.6. The van der Waals surface area contributed by atoms with Gasteiger partial charge in [0.05, 0.1) is 0 Å². The van der Waals surface area contributed by atoms with Gasteiger partial charge in [0.15, 0.2) is 0 Å². The molecule has 1 amide bonds. The van der Waals surface area contributed by atoms with Crippen LogP contribution in [0.1, 0.15) is 27.3 Å². The van der Waals surface area contributed by atoms with Crippen LogP contribution in [0.2, 0.25) is 0 Å². The van der Waals surface area contributed by atoms with E-state index in [1.54, 1.807) is 0 Å². The molecule has 0 unspecified atom stereocenters. The fraction of sp³-hybridized carbons (Fsp3) is 0.267. The molecule has 1 aromatic carbocycles. The minimum atomic E-state index is -0.0672. The highest BCUT2D eigenvalue weighted by Crippen LogP contribution is 2.09. The van der Waals surface area contributed by atoms with Crippen molar-refractivity contribution in [2.75, 3.05) is 0 Å². The van der Waals surface area contributed by atoms with Crippen molar-refractivity contribution in [2.45, 2.75) is 20.0 Å². The average molecular weight is 257 g/mol. The number of nitrogens with one attached hydrogen (secondary N) is 1. The lowest BCUT2D eigenvalue weighted by Crippen LogP contribution is -2.25. The third-order valence-electron chi connectivity index (χ3n) is 3.38. The molecule has 0 saturated carbocycles. The number of rotatable bonds is 4. The van der Waals surface area contributed by atoms with Gasteiger partial charge < -0.3 is 15.6 Å². The molecule has 19 heavy (non-hydrogen) atoms. The highest BCUT2D eigenvalue weighted by Gasteiger charge is 2.10. The Bertz CT molecular complexity index is 587. The maximum atomic E-state index is 12.1. The largest absolute Gasteiger partial charge is 0.347 e. The number of carbonyl (C=O) groups is 1. The summed E-state index contributed by atoms with van der Waals surface area (Å²) in [5.74, 6) is -0.0672. The third kappa shape index (κ3) is 2.85. The molecule has 0 aliphatic rings. The number of amides is 1. The smallest absolute Gasteiger partial charge is 0.268 e. The van der Waals surface area contributed by atoms with Gasteiger partial charge in [0.1, 0.15) is 5.69 Å². The van der Waals surface area contributed by atoms with E-state index in [9.17, 15) is 4.79 Å². The van der Waals surface area contributed by atoms with E-state index in [0.717, 1.165) is 16.8 Å². The molecule has 0 radical (unpaired) electrons. The summed E-state index contributed by atoms with van der Waals surface area (Å²) in [4.78, 5) is 12.1. The van der Waals surface area contributed by atoms with Crippen molar-refractivity contribution in [3.8, 4) is 0 Å². The maximum Gasteiger partial charge on any atom is 0.268 e. The van der Waals surface area contributed by atoms with Gasteiger partial charge >= 0.3 is 0 Å². The predicted molar refractivity (Wildman–Crippen MR) is 75.7 cm³/mol. The second kappa shape index (κ2) is 5.71. The highest BCUT2D eigenvalue weighted by atomic mass is 16.1. The Kier molecular flexibility index (Phi) is 4.02. The molecule has 2 rings (SSSR count). The normalized spacial score (nSPS) is 10.5. The van der Waals surface area contributed by atoms with Gasteiger partial charge in [-0.05, 0) is 30.2 Å². The van der Waals surface area contributed by atoms with Crippen molar-refractivity contribution in [1.82, 2.24) is 9.88 Å². The maximum absolute atomic E-state index is 12.1. The van der Waals surface area contributed by atoms with Crippen molar-refractivity contribution < 1.29 is 4.79 Å². The first-order valence-electron chi connectivity index (χ1n) is 6.31. The minimum absolute atomic E-state index is 0.0672. The predicted octanol–water partition coefficient (Wildman–Crippen LogP) is 1.72. The summed E-state index contributed by atoms with van der Waals surface area (Å²) in [7, 11) is 1.89. The second-order valence-corrected chi connectivity index (χ2v) is 4.57. The summed E-state index contributed by atoms with van der Waals surface area (Å²) in [5.41, 5.74) is 9.53. The molecule has 4 nitrogen and oxygen atoms in total. The molecule has 0 atom stereocenters. The number of hydrogen-bond acceptors (Lipinski definition) is 2. The van der Waals surface area contributed by atoms with Gasteiger partial charge in [-0.1, -0.05) is 24.3 Å². The number of aryl methyl sites for hydroxylation is 1. The average Bonchev–Trinajstić information content (AvgIpc) is 2.77. The number of aromatic nitrogens is 1. The number of nitrogens with two attached hydrogens (primary N) is 1. The zero-order valence-electron chi connectivity index (χ0n) is 11.3. The van der Waals surface area contributed by atoms with Gasteiger partial charge in [0.25, 0.3) is 5.91 Å². The molecule has 0 bridgehead atoms. The Morgan fingerprint density at radius 3 is 2.47 bits per heavy atom. The lowest BCUT2D eigenvalue weighted by molar-refractivity contribution is 0.0942. The summed E-state index contributed by atoms with van der Waals surface area (Å²) in [6.07, 6.45) is 0. The van der Waals surface area contributed by atoms with Gasteiger partial charge in [-0.15, -0.1) is 0 Å². The summed E-state index contributed by atoms with van der Waals surface area (Å²) < 4.78 is 1.88. The van der Waals surface area contributed by atoms with Crippen molar-refractivity contribution in [1.29, 1.82) is 0 Å². The number of nitrogens with zero attached hydrogens (tertiary/aromatic N) is 1. The van der Waals surface area contributed by atoms with Gasteiger partial charge in [-0.2, -0.15) is 0 Å². The standard InChI is InChI=1S/C15H19N3O/c1-11-7-8-14(18(11)2)15(19)17-10-13-6-4-3-5-12(13)9-16/h3-8H,9-10,16H2,1-2H3,(H,17,19). The minimum Gasteiger partial charge on any atom is -0.347 e. The van der Waals surface area contributed by atoms with Crippen LogP contribution in [0.3, 0.4) is 0 Å². The van der Waals surface area contributed by atoms with Crippen LogP contribution in [-0.4, -0.2) is 10.5 Å². The summed E-state index contributed by atoms with van der Waals surface area (Å²) in [6.45, 7) is 2.95. The van der Waals surface area contributed by atoms with E-state index in [1.807, 2.05) is 54.9 Å². The lowest BCUT2D eigenvalue weighted by Gasteiger charge is -2.10. The van der Waals surface area contributed by atoms with Crippen LogP contribution < -0.4 is 11.1 Å². The molecule has 0 aliphatic carbocycles. The molecule has 3 N–H and O–H groups in total. The van der Waals surface area contributed by atoms with Crippen molar-refractivity contribution in [3.05, 3.63) is 58.9 Å². The zero-order valence-corrected chi connectivity index (χ0v) is 11.3. The first kappa shape index (κ1) is 13.4. The van der Waals surface area contributed by atoms with Crippen molar-refractivity contribution >= 4 is 5.91 Å². The van der Waals surface area contributed by atoms with E-state index in [1.165, 1.54) is 0 Å². The Labute approximate surface area is 113 Å². The van der Waals surface area contributed by atoms with E-state index in [2.05, 4.69) is 5.32 Å². The first-order valence-corrected chi connectivity index (χ1v) is 6.31. The highest BCUT2D eigenvalue weighted by molar-refractivity contribution is 5.92. The fourth-order valence-electron chi connectivity index (χ4n) is 2.04. The number of carbonyl (C=O) groups excluding carboxylic acids is 1. The Morgan fingerprint density at radius 2 is 1.89 bits per heavy atom. The van der Waals surface area contributed by atoms with Crippen molar-refractivity contribution in [3.63, 3.8) is 0 Å². The number of hydrogen-bond donors (Lipinski definition) is 2. The van der Waals surface area contributed by atoms with Gasteiger partial charge in [0.2, 0.25) is 0 Å². The number of benzene rings is 1. The topological polar surface area (TPSA) is 60.1 Å². The molecule has 2 aromatic rings. The molecule has 0 aliphatic heterocycles. The second-order valence-electron chi connectivity index (χ2n) is 4.57. The van der Waals surface area contributed by atoms with Crippen LogP contribution in [0.4, 0.5) is 0 Å². The summed E-state index contributed by atoms with van der Waals surface area (Å²) in [5, 5.41) is 2.93. The monoisotopic (exact) mass is 257 g/mol. The van der Waals surface area contributed by atoms with Crippen LogP contribution in [0.15, 0.2) is 36.4 Å². The molecule has 1 heterocycles. The van der Waals surface area contributed by atoms with E-state index < -0.39 is 0 Å². The van der Waals surface area contributed by atoms with E-state index >= 15 is 0 Å². The first-order chi connectivity index (χ1) is 9.13. The van der Waals surface area contributed by atoms with Crippen LogP contribution in [-0.2, 0) is 20.1 Å². The Balaban J connectivity index is 2.07. The summed E-state index contributed by atoms with van der Waals surface area (Å²) >= 11 is 0. The molecule has 0 saturated heterocycles. The van der Waals surface area contributed by atoms with Crippen LogP contribution in [0.25, 0.3) is 0 Å². The third-order valence-corrected chi connectivity index (χ3v) is 3.38. The molecule has 0 spiro atoms. The van der Waals surface area contributed by atoms with Crippen LogP contribution >= 0.6 is 0 Å². The molecule has 4 heteroatoms. The van der Waals surface area contributed by atoms with E-state index in [4.69, 9.17) is 5.73 Å². The zero-order chi connectivity index (χ0) is 13.8. The molecular weight excluding hydrogens is 238 g/mol. The molecule has 100 valence electrons. The van der Waals surface area contributed by atoms with Crippen LogP contribution in [0, 0.1) is 6.92 Å². The molecule has 1 aromatic heterocycles. The quantitative estimate of drug-likeness (QED) is 0.876. The van der Waals surface area contributed by atoms with Crippen LogP contribution in [0.5, 0.6) is 0 Å². The van der Waals surface area contributed by atoms with Gasteiger partial charge in [-0.3, -0.25) is 4.79 Å².